The van der Waals surface area contributed by atoms with Crippen LogP contribution < -0.4 is 4.90 Å². The Bertz CT molecular complexity index is 531. The van der Waals surface area contributed by atoms with Gasteiger partial charge in [0.1, 0.15) is 0 Å². The lowest BCUT2D eigenvalue weighted by Gasteiger charge is -2.28. The Balaban J connectivity index is 3.05. The van der Waals surface area contributed by atoms with E-state index in [9.17, 15) is 14.9 Å². The summed E-state index contributed by atoms with van der Waals surface area (Å²) < 4.78 is 0. The highest BCUT2D eigenvalue weighted by molar-refractivity contribution is 5.71. The molecule has 0 heterocycles. The van der Waals surface area contributed by atoms with Gasteiger partial charge in [-0.25, -0.2) is 0 Å². The monoisotopic (exact) mass is 308 g/mol. The Labute approximate surface area is 130 Å². The molecule has 1 atom stereocenters. The molecular formula is C16H24N2O4. The molecule has 0 fully saturated rings. The van der Waals surface area contributed by atoms with Gasteiger partial charge in [0.2, 0.25) is 0 Å². The number of carbonyl (C=O) groups is 1. The van der Waals surface area contributed by atoms with E-state index in [1.807, 2.05) is 11.8 Å². The van der Waals surface area contributed by atoms with Crippen LogP contribution in [-0.2, 0) is 4.79 Å². The van der Waals surface area contributed by atoms with Crippen molar-refractivity contribution in [3.05, 3.63) is 33.9 Å². The maximum atomic E-state index is 11.1. The quantitative estimate of drug-likeness (QED) is 0.428. The van der Waals surface area contributed by atoms with Gasteiger partial charge < -0.3 is 10.0 Å². The average Bonchev–Trinajstić information content (AvgIpc) is 2.46. The second-order valence-corrected chi connectivity index (χ2v) is 5.62. The van der Waals surface area contributed by atoms with Crippen LogP contribution in [0.1, 0.15) is 38.7 Å². The standard InChI is InChI=1S/C16H24N2O4/c1-4-5-6-9-17(11-13(3)16(19)20)15-10-14(18(21)22)8-7-12(15)2/h7-8,10,13H,4-6,9,11H2,1-3H3,(H,19,20). The molecule has 0 saturated heterocycles. The molecule has 0 aromatic heterocycles. The van der Waals surface area contributed by atoms with E-state index >= 15 is 0 Å². The molecule has 0 aliphatic carbocycles. The molecule has 1 unspecified atom stereocenters. The molecule has 1 rings (SSSR count). The SMILES string of the molecule is CCCCCN(CC(C)C(=O)O)c1cc([N+](=O)[O-])ccc1C. The van der Waals surface area contributed by atoms with Gasteiger partial charge in [0.15, 0.2) is 0 Å². The van der Waals surface area contributed by atoms with Crippen LogP contribution >= 0.6 is 0 Å². The maximum absolute atomic E-state index is 11.1. The minimum absolute atomic E-state index is 0.0315. The Kier molecular flexibility index (Phi) is 6.82. The Morgan fingerprint density at radius 3 is 2.64 bits per heavy atom. The van der Waals surface area contributed by atoms with Crippen molar-refractivity contribution in [2.45, 2.75) is 40.0 Å². The molecule has 1 N–H and O–H groups in total. The highest BCUT2D eigenvalue weighted by Crippen LogP contribution is 2.27. The van der Waals surface area contributed by atoms with Crippen LogP contribution in [-0.4, -0.2) is 29.1 Å². The van der Waals surface area contributed by atoms with Crippen molar-refractivity contribution in [3.8, 4) is 0 Å². The first kappa shape index (κ1) is 17.9. The Hall–Kier alpha value is -2.11. The van der Waals surface area contributed by atoms with Crippen LogP contribution in [0, 0.1) is 23.0 Å². The van der Waals surface area contributed by atoms with Crippen LogP contribution in [0.2, 0.25) is 0 Å². The zero-order valence-electron chi connectivity index (χ0n) is 13.4. The zero-order valence-corrected chi connectivity index (χ0v) is 13.4. The molecule has 22 heavy (non-hydrogen) atoms. The molecule has 0 bridgehead atoms. The Morgan fingerprint density at radius 2 is 2.09 bits per heavy atom. The molecule has 122 valence electrons. The van der Waals surface area contributed by atoms with Crippen LogP contribution in [0.15, 0.2) is 18.2 Å². The number of nitro groups is 1. The van der Waals surface area contributed by atoms with Crippen molar-refractivity contribution in [2.75, 3.05) is 18.0 Å². The number of nitro benzene ring substituents is 1. The molecule has 6 nitrogen and oxygen atoms in total. The lowest BCUT2D eigenvalue weighted by Crippen LogP contribution is -2.33. The number of hydrogen-bond acceptors (Lipinski definition) is 4. The summed E-state index contributed by atoms with van der Waals surface area (Å²) in [5.41, 5.74) is 1.70. The summed E-state index contributed by atoms with van der Waals surface area (Å²) in [6, 6.07) is 4.73. The fraction of sp³-hybridized carbons (Fsp3) is 0.562. The van der Waals surface area contributed by atoms with Crippen molar-refractivity contribution >= 4 is 17.3 Å². The van der Waals surface area contributed by atoms with E-state index in [0.717, 1.165) is 30.5 Å². The van der Waals surface area contributed by atoms with Gasteiger partial charge in [-0.3, -0.25) is 14.9 Å². The predicted molar refractivity (Wildman–Crippen MR) is 86.4 cm³/mol. The van der Waals surface area contributed by atoms with Crippen LogP contribution in [0.3, 0.4) is 0 Å². The minimum Gasteiger partial charge on any atom is -0.481 e. The van der Waals surface area contributed by atoms with Gasteiger partial charge in [-0.05, 0) is 18.9 Å². The van der Waals surface area contributed by atoms with Crippen molar-refractivity contribution in [1.82, 2.24) is 0 Å². The molecule has 0 spiro atoms. The summed E-state index contributed by atoms with van der Waals surface area (Å²) in [7, 11) is 0. The number of carboxylic acid groups (broad SMARTS) is 1. The first-order chi connectivity index (χ1) is 10.4. The first-order valence-corrected chi connectivity index (χ1v) is 7.59. The fourth-order valence-corrected chi connectivity index (χ4v) is 2.32. The third-order valence-electron chi connectivity index (χ3n) is 3.69. The van der Waals surface area contributed by atoms with E-state index in [0.29, 0.717) is 13.1 Å². The summed E-state index contributed by atoms with van der Waals surface area (Å²) in [4.78, 5) is 23.6. The summed E-state index contributed by atoms with van der Waals surface area (Å²) in [5.74, 6) is -1.39. The molecule has 6 heteroatoms. The fourth-order valence-electron chi connectivity index (χ4n) is 2.32. The normalized spacial score (nSPS) is 12.0. The predicted octanol–water partition coefficient (Wildman–Crippen LogP) is 3.62. The lowest BCUT2D eigenvalue weighted by atomic mass is 10.1. The van der Waals surface area contributed by atoms with Crippen molar-refractivity contribution in [1.29, 1.82) is 0 Å². The number of nitrogens with zero attached hydrogens (tertiary/aromatic N) is 2. The third kappa shape index (κ3) is 5.02. The molecule has 0 aliphatic heterocycles. The first-order valence-electron chi connectivity index (χ1n) is 7.59. The van der Waals surface area contributed by atoms with Crippen molar-refractivity contribution < 1.29 is 14.8 Å². The topological polar surface area (TPSA) is 83.7 Å². The smallest absolute Gasteiger partial charge is 0.308 e. The second-order valence-electron chi connectivity index (χ2n) is 5.62. The molecular weight excluding hydrogens is 284 g/mol. The lowest BCUT2D eigenvalue weighted by molar-refractivity contribution is -0.384. The summed E-state index contributed by atoms with van der Waals surface area (Å²) in [6.07, 6.45) is 3.05. The second kappa shape index (κ2) is 8.36. The highest BCUT2D eigenvalue weighted by atomic mass is 16.6. The molecule has 0 saturated carbocycles. The molecule has 1 aromatic rings. The van der Waals surface area contributed by atoms with Crippen LogP contribution in [0.5, 0.6) is 0 Å². The van der Waals surface area contributed by atoms with E-state index in [-0.39, 0.29) is 5.69 Å². The number of anilines is 1. The Morgan fingerprint density at radius 1 is 1.41 bits per heavy atom. The summed E-state index contributed by atoms with van der Waals surface area (Å²) in [6.45, 7) is 6.69. The van der Waals surface area contributed by atoms with Crippen LogP contribution in [0.4, 0.5) is 11.4 Å². The average molecular weight is 308 g/mol. The van der Waals surface area contributed by atoms with Gasteiger partial charge >= 0.3 is 5.97 Å². The number of aryl methyl sites for hydroxylation is 1. The van der Waals surface area contributed by atoms with Crippen LogP contribution in [0.25, 0.3) is 0 Å². The number of non-ortho nitro benzene ring substituents is 1. The molecule has 0 aliphatic rings. The number of benzene rings is 1. The van der Waals surface area contributed by atoms with Crippen molar-refractivity contribution in [2.24, 2.45) is 5.92 Å². The number of unbranched alkanes of at least 4 members (excludes halogenated alkanes) is 2. The zero-order chi connectivity index (χ0) is 16.7. The van der Waals surface area contributed by atoms with E-state index in [1.165, 1.54) is 12.1 Å². The van der Waals surface area contributed by atoms with Gasteiger partial charge in [-0.2, -0.15) is 0 Å². The van der Waals surface area contributed by atoms with Gasteiger partial charge in [-0.15, -0.1) is 0 Å². The maximum Gasteiger partial charge on any atom is 0.308 e. The van der Waals surface area contributed by atoms with E-state index in [1.54, 1.807) is 13.0 Å². The summed E-state index contributed by atoms with van der Waals surface area (Å²) in [5, 5.41) is 20.1. The van der Waals surface area contributed by atoms with Gasteiger partial charge in [0.05, 0.1) is 10.8 Å². The van der Waals surface area contributed by atoms with E-state index < -0.39 is 16.8 Å². The van der Waals surface area contributed by atoms with Gasteiger partial charge in [-0.1, -0.05) is 32.8 Å². The number of aliphatic carboxylic acids is 1. The molecule has 0 radical (unpaired) electrons. The molecule has 0 amide bonds. The third-order valence-corrected chi connectivity index (χ3v) is 3.69. The number of rotatable bonds is 9. The van der Waals surface area contributed by atoms with Crippen molar-refractivity contribution in [3.63, 3.8) is 0 Å². The van der Waals surface area contributed by atoms with E-state index in [4.69, 9.17) is 5.11 Å². The summed E-state index contributed by atoms with van der Waals surface area (Å²) >= 11 is 0. The number of hydrogen-bond donors (Lipinski definition) is 1. The number of carboxylic acids is 1. The molecule has 1 aromatic carbocycles. The van der Waals surface area contributed by atoms with E-state index in [2.05, 4.69) is 6.92 Å². The van der Waals surface area contributed by atoms with Gasteiger partial charge in [0.25, 0.3) is 5.69 Å². The minimum atomic E-state index is -0.858. The largest absolute Gasteiger partial charge is 0.481 e. The highest BCUT2D eigenvalue weighted by Gasteiger charge is 2.19. The van der Waals surface area contributed by atoms with Gasteiger partial charge in [0, 0.05) is 30.9 Å².